The molecule has 0 spiro atoms. The van der Waals surface area contributed by atoms with Crippen LogP contribution in [0, 0.1) is 17.0 Å². The largest absolute Gasteiger partial charge is 0.624 e. The molecule has 0 heterocycles. The fraction of sp³-hybridized carbons (Fsp3) is 0.250. The van der Waals surface area contributed by atoms with Crippen LogP contribution in [-0.4, -0.2) is 11.0 Å². The molecule has 0 unspecified atom stereocenters. The summed E-state index contributed by atoms with van der Waals surface area (Å²) >= 11 is 0. The summed E-state index contributed by atoms with van der Waals surface area (Å²) in [6.45, 7) is 2.50. The highest BCUT2D eigenvalue weighted by atomic mass is 16.5. The normalized spacial score (nSPS) is 10.9. The zero-order valence-corrected chi connectivity index (χ0v) is 13.0. The maximum atomic E-state index is 12.1. The zero-order chi connectivity index (χ0) is 15.6. The maximum absolute atomic E-state index is 12.1. The van der Waals surface area contributed by atoms with Crippen LogP contribution < -0.4 is 0 Å². The average molecular weight is 291 g/mol. The van der Waals surface area contributed by atoms with Gasteiger partial charge in [-0.05, 0) is 18.6 Å². The third-order valence-corrected chi connectivity index (χ3v) is 3.30. The molecule has 2 heteroatoms. The quantitative estimate of drug-likeness (QED) is 0.201. The van der Waals surface area contributed by atoms with Crippen LogP contribution in [0.25, 0.3) is 0 Å². The van der Waals surface area contributed by atoms with Gasteiger partial charge in [0.1, 0.15) is 0 Å². The lowest BCUT2D eigenvalue weighted by Gasteiger charge is -2.05. The van der Waals surface area contributed by atoms with Gasteiger partial charge in [-0.1, -0.05) is 67.6 Å². The van der Waals surface area contributed by atoms with Crippen LogP contribution in [0.15, 0.2) is 54.6 Å². The van der Waals surface area contributed by atoms with Crippen LogP contribution in [0.1, 0.15) is 42.9 Å². The van der Waals surface area contributed by atoms with Crippen LogP contribution in [0.3, 0.4) is 0 Å². The van der Waals surface area contributed by atoms with Gasteiger partial charge in [0.15, 0.2) is 12.8 Å². The Labute approximate surface area is 132 Å². The van der Waals surface area contributed by atoms with Crippen molar-refractivity contribution in [1.82, 2.24) is 0 Å². The van der Waals surface area contributed by atoms with Crippen molar-refractivity contribution in [3.05, 3.63) is 76.5 Å². The Morgan fingerprint density at radius 2 is 1.77 bits per heavy atom. The van der Waals surface area contributed by atoms with Crippen molar-refractivity contribution < 1.29 is 4.74 Å². The van der Waals surface area contributed by atoms with Crippen molar-refractivity contribution in [2.24, 2.45) is 0 Å². The number of hydroxylamine groups is 1. The van der Waals surface area contributed by atoms with E-state index in [4.69, 9.17) is 0 Å². The van der Waals surface area contributed by atoms with E-state index in [2.05, 4.69) is 18.8 Å². The zero-order valence-electron chi connectivity index (χ0n) is 13.0. The highest BCUT2D eigenvalue weighted by molar-refractivity contribution is 5.80. The van der Waals surface area contributed by atoms with E-state index in [1.165, 1.54) is 0 Å². The van der Waals surface area contributed by atoms with Crippen LogP contribution in [0.5, 0.6) is 0 Å². The van der Waals surface area contributed by atoms with Crippen molar-refractivity contribution in [2.75, 3.05) is 0 Å². The van der Waals surface area contributed by atoms with Gasteiger partial charge in [0, 0.05) is 17.5 Å². The number of rotatable bonds is 5. The van der Waals surface area contributed by atoms with Crippen molar-refractivity contribution in [2.45, 2.75) is 32.7 Å². The van der Waals surface area contributed by atoms with Crippen LogP contribution in [-0.2, 0) is 6.54 Å². The Morgan fingerprint density at radius 3 is 2.55 bits per heavy atom. The lowest BCUT2D eigenvalue weighted by Crippen LogP contribution is -2.06. The summed E-state index contributed by atoms with van der Waals surface area (Å²) in [5.41, 5.74) is 2.78. The third-order valence-electron chi connectivity index (χ3n) is 3.30. The van der Waals surface area contributed by atoms with Gasteiger partial charge in [0.2, 0.25) is 0 Å². The van der Waals surface area contributed by atoms with Gasteiger partial charge in [0.25, 0.3) is 0 Å². The number of hydrogen-bond donors (Lipinski definition) is 0. The van der Waals surface area contributed by atoms with Crippen LogP contribution in [0.4, 0.5) is 0 Å². The summed E-state index contributed by atoms with van der Waals surface area (Å²) in [6, 6.07) is 17.5. The Kier molecular flexibility index (Phi) is 6.26. The Morgan fingerprint density at radius 1 is 1.05 bits per heavy atom. The Hall–Kier alpha value is -2.53. The van der Waals surface area contributed by atoms with Crippen molar-refractivity contribution >= 4 is 6.21 Å². The van der Waals surface area contributed by atoms with E-state index in [0.29, 0.717) is 6.54 Å². The Balaban J connectivity index is 2.14. The maximum Gasteiger partial charge on any atom is 0.183 e. The van der Waals surface area contributed by atoms with E-state index < -0.39 is 0 Å². The predicted molar refractivity (Wildman–Crippen MR) is 91.8 cm³/mol. The molecule has 0 N–H and O–H groups in total. The Bertz CT molecular complexity index is 678. The molecule has 22 heavy (non-hydrogen) atoms. The van der Waals surface area contributed by atoms with Gasteiger partial charge in [-0.25, -0.2) is 4.74 Å². The van der Waals surface area contributed by atoms with E-state index in [1.54, 1.807) is 6.21 Å². The minimum Gasteiger partial charge on any atom is -0.624 e. The molecule has 2 rings (SSSR count). The smallest absolute Gasteiger partial charge is 0.183 e. The van der Waals surface area contributed by atoms with Gasteiger partial charge < -0.3 is 5.21 Å². The molecule has 112 valence electrons. The van der Waals surface area contributed by atoms with Crippen LogP contribution in [0.2, 0.25) is 0 Å². The molecule has 0 amide bonds. The van der Waals surface area contributed by atoms with Gasteiger partial charge >= 0.3 is 0 Å². The summed E-state index contributed by atoms with van der Waals surface area (Å²) < 4.78 is 0.960. The minimum atomic E-state index is 0.346. The first-order chi connectivity index (χ1) is 10.8. The second kappa shape index (κ2) is 8.69. The fourth-order valence-corrected chi connectivity index (χ4v) is 2.11. The summed E-state index contributed by atoms with van der Waals surface area (Å²) in [4.78, 5) is 0. The molecule has 0 atom stereocenters. The first kappa shape index (κ1) is 15.9. The number of hydrogen-bond acceptors (Lipinski definition) is 1. The van der Waals surface area contributed by atoms with Gasteiger partial charge in [-0.15, -0.1) is 0 Å². The topological polar surface area (TPSA) is 26.1 Å². The van der Waals surface area contributed by atoms with Gasteiger partial charge in [-0.3, -0.25) is 0 Å². The lowest BCUT2D eigenvalue weighted by atomic mass is 10.1. The van der Waals surface area contributed by atoms with E-state index in [-0.39, 0.29) is 0 Å². The summed E-state index contributed by atoms with van der Waals surface area (Å²) in [6.07, 6.45) is 4.78. The summed E-state index contributed by atoms with van der Waals surface area (Å²) in [7, 11) is 0. The monoisotopic (exact) mass is 291 g/mol. The molecule has 0 saturated carbocycles. The standard InChI is InChI=1S/C20H21NO/c1-2-3-4-8-13-19-14-9-10-15-20(19)17-21(22)16-18-11-6-5-7-12-18/h5-7,9-12,14-15,17H,2-4,16H2,1H3/b21-17-. The van der Waals surface area contributed by atoms with Crippen LogP contribution >= 0.6 is 0 Å². The predicted octanol–water partition coefficient (Wildman–Crippen LogP) is 4.36. The average Bonchev–Trinajstić information content (AvgIpc) is 2.54. The SMILES string of the molecule is CCCCC#Cc1ccccc1/C=[N+](\[O-])Cc1ccccc1. The van der Waals surface area contributed by atoms with E-state index in [0.717, 1.165) is 40.7 Å². The molecule has 0 aliphatic heterocycles. The van der Waals surface area contributed by atoms with Crippen molar-refractivity contribution in [3.8, 4) is 11.8 Å². The summed E-state index contributed by atoms with van der Waals surface area (Å²) in [5.74, 6) is 6.35. The second-order valence-corrected chi connectivity index (χ2v) is 5.18. The van der Waals surface area contributed by atoms with Gasteiger partial charge in [0.05, 0.1) is 5.56 Å². The van der Waals surface area contributed by atoms with Gasteiger partial charge in [-0.2, -0.15) is 0 Å². The second-order valence-electron chi connectivity index (χ2n) is 5.18. The fourth-order valence-electron chi connectivity index (χ4n) is 2.11. The molecule has 0 bridgehead atoms. The molecule has 2 nitrogen and oxygen atoms in total. The molecule has 0 fully saturated rings. The molecule has 2 aromatic rings. The minimum absolute atomic E-state index is 0.346. The summed E-state index contributed by atoms with van der Waals surface area (Å²) in [5, 5.41) is 12.1. The number of nitrogens with zero attached hydrogens (tertiary/aromatic N) is 1. The number of benzene rings is 2. The highest BCUT2D eigenvalue weighted by Gasteiger charge is 2.02. The van der Waals surface area contributed by atoms with E-state index >= 15 is 0 Å². The highest BCUT2D eigenvalue weighted by Crippen LogP contribution is 2.06. The van der Waals surface area contributed by atoms with Crippen molar-refractivity contribution in [3.63, 3.8) is 0 Å². The lowest BCUT2D eigenvalue weighted by molar-refractivity contribution is -0.469. The molecular weight excluding hydrogens is 270 g/mol. The first-order valence-electron chi connectivity index (χ1n) is 7.70. The number of unbranched alkanes of at least 4 members (excludes halogenated alkanes) is 2. The molecule has 2 aromatic carbocycles. The molecule has 0 saturated heterocycles. The van der Waals surface area contributed by atoms with Crippen molar-refractivity contribution in [1.29, 1.82) is 0 Å². The third kappa shape index (κ3) is 5.10. The van der Waals surface area contributed by atoms with E-state index in [9.17, 15) is 5.21 Å². The van der Waals surface area contributed by atoms with E-state index in [1.807, 2.05) is 54.6 Å². The molecule has 0 radical (unpaired) electrons. The molecule has 0 aromatic heterocycles. The molecular formula is C20H21NO. The molecule has 0 aliphatic carbocycles. The molecule has 0 aliphatic rings. The first-order valence-corrected chi connectivity index (χ1v) is 7.70.